The van der Waals surface area contributed by atoms with Gasteiger partial charge in [0.25, 0.3) is 0 Å². The Kier molecular flexibility index (Phi) is 4.16. The van der Waals surface area contributed by atoms with Gasteiger partial charge < -0.3 is 14.6 Å². The minimum atomic E-state index is -0.111. The monoisotopic (exact) mass is 312 g/mol. The van der Waals surface area contributed by atoms with Gasteiger partial charge in [-0.3, -0.25) is 4.57 Å². The number of nitrogens with zero attached hydrogens (tertiary/aromatic N) is 3. The van der Waals surface area contributed by atoms with Gasteiger partial charge in [0.2, 0.25) is 5.88 Å². The van der Waals surface area contributed by atoms with E-state index in [0.29, 0.717) is 12.5 Å². The van der Waals surface area contributed by atoms with Gasteiger partial charge in [-0.05, 0) is 43.4 Å². The number of imidazole rings is 1. The van der Waals surface area contributed by atoms with Crippen molar-refractivity contribution in [3.05, 3.63) is 47.0 Å². The quantitative estimate of drug-likeness (QED) is 0.781. The van der Waals surface area contributed by atoms with Crippen LogP contribution in [0.15, 0.2) is 41.3 Å². The van der Waals surface area contributed by atoms with Crippen molar-refractivity contribution in [2.75, 3.05) is 27.2 Å². The van der Waals surface area contributed by atoms with E-state index in [9.17, 15) is 4.79 Å². The highest BCUT2D eigenvalue weighted by atomic mass is 16.5. The molecule has 0 atom stereocenters. The number of hydrogen-bond acceptors (Lipinski definition) is 4. The highest BCUT2D eigenvalue weighted by Gasteiger charge is 2.07. The van der Waals surface area contributed by atoms with Crippen LogP contribution >= 0.6 is 0 Å². The summed E-state index contributed by atoms with van der Waals surface area (Å²) < 4.78 is 7.29. The van der Waals surface area contributed by atoms with Gasteiger partial charge in [-0.15, -0.1) is 0 Å². The molecule has 6 heteroatoms. The van der Waals surface area contributed by atoms with Gasteiger partial charge >= 0.3 is 5.69 Å². The smallest absolute Gasteiger partial charge is 0.326 e. The third-order valence-corrected chi connectivity index (χ3v) is 3.76. The van der Waals surface area contributed by atoms with Gasteiger partial charge in [0.05, 0.1) is 11.0 Å². The van der Waals surface area contributed by atoms with Crippen molar-refractivity contribution in [2.45, 2.75) is 0 Å². The summed E-state index contributed by atoms with van der Waals surface area (Å²) in [7, 11) is 5.76. The number of ether oxygens (including phenoxy) is 1. The molecule has 0 aliphatic heterocycles. The summed E-state index contributed by atoms with van der Waals surface area (Å²) in [4.78, 5) is 20.8. The lowest BCUT2D eigenvalue weighted by Crippen LogP contribution is -2.19. The highest BCUT2D eigenvalue weighted by molar-refractivity contribution is 5.82. The van der Waals surface area contributed by atoms with E-state index in [-0.39, 0.29) is 5.69 Å². The van der Waals surface area contributed by atoms with Crippen LogP contribution in [-0.4, -0.2) is 46.7 Å². The first kappa shape index (κ1) is 15.3. The summed E-state index contributed by atoms with van der Waals surface area (Å²) in [6, 6.07) is 9.74. The Morgan fingerprint density at radius 3 is 2.78 bits per heavy atom. The standard InChI is InChI=1S/C17H20N4O2/c1-20(2)8-9-23-16-11-13(6-7-18-16)12-4-5-14-15(10-12)21(3)17(22)19-14/h4-7,10-11H,8-9H2,1-3H3,(H,19,22). The molecule has 0 radical (unpaired) electrons. The molecule has 0 saturated heterocycles. The van der Waals surface area contributed by atoms with Crippen molar-refractivity contribution < 1.29 is 4.74 Å². The molecule has 1 aromatic carbocycles. The highest BCUT2D eigenvalue weighted by Crippen LogP contribution is 2.25. The topological polar surface area (TPSA) is 63.1 Å². The van der Waals surface area contributed by atoms with Crippen LogP contribution in [0.25, 0.3) is 22.2 Å². The summed E-state index contributed by atoms with van der Waals surface area (Å²) in [5.74, 6) is 0.604. The van der Waals surface area contributed by atoms with E-state index in [1.165, 1.54) is 0 Å². The SMILES string of the molecule is CN(C)CCOc1cc(-c2ccc3[nH]c(=O)n(C)c3c2)ccn1. The Morgan fingerprint density at radius 2 is 2.00 bits per heavy atom. The molecular weight excluding hydrogens is 292 g/mol. The van der Waals surface area contributed by atoms with Gasteiger partial charge in [0.15, 0.2) is 0 Å². The number of benzene rings is 1. The lowest BCUT2D eigenvalue weighted by atomic mass is 10.1. The van der Waals surface area contributed by atoms with Crippen molar-refractivity contribution in [2.24, 2.45) is 7.05 Å². The first-order valence-corrected chi connectivity index (χ1v) is 7.47. The zero-order valence-electron chi connectivity index (χ0n) is 13.5. The van der Waals surface area contributed by atoms with Crippen LogP contribution in [-0.2, 0) is 7.05 Å². The van der Waals surface area contributed by atoms with E-state index in [4.69, 9.17) is 4.74 Å². The van der Waals surface area contributed by atoms with Gasteiger partial charge in [0.1, 0.15) is 6.61 Å². The molecule has 0 bridgehead atoms. The first-order valence-electron chi connectivity index (χ1n) is 7.47. The molecular formula is C17H20N4O2. The number of nitrogens with one attached hydrogen (secondary N) is 1. The number of hydrogen-bond donors (Lipinski definition) is 1. The van der Waals surface area contributed by atoms with E-state index in [2.05, 4.69) is 14.9 Å². The number of rotatable bonds is 5. The van der Waals surface area contributed by atoms with E-state index < -0.39 is 0 Å². The van der Waals surface area contributed by atoms with E-state index >= 15 is 0 Å². The maximum atomic E-state index is 11.7. The number of aromatic amines is 1. The molecule has 0 fully saturated rings. The van der Waals surface area contributed by atoms with E-state index in [0.717, 1.165) is 28.7 Å². The Morgan fingerprint density at radius 1 is 1.22 bits per heavy atom. The minimum absolute atomic E-state index is 0.111. The first-order chi connectivity index (χ1) is 11.0. The number of likely N-dealkylation sites (N-methyl/N-ethyl adjacent to an activating group) is 1. The molecule has 3 rings (SSSR count). The zero-order valence-corrected chi connectivity index (χ0v) is 13.5. The Balaban J connectivity index is 1.89. The lowest BCUT2D eigenvalue weighted by Gasteiger charge is -2.11. The van der Waals surface area contributed by atoms with Crippen molar-refractivity contribution in [3.63, 3.8) is 0 Å². The molecule has 0 spiro atoms. The molecule has 6 nitrogen and oxygen atoms in total. The molecule has 120 valence electrons. The molecule has 2 heterocycles. The van der Waals surface area contributed by atoms with Crippen molar-refractivity contribution in [3.8, 4) is 17.0 Å². The van der Waals surface area contributed by atoms with Gasteiger partial charge in [-0.1, -0.05) is 6.07 Å². The maximum Gasteiger partial charge on any atom is 0.326 e. The Hall–Kier alpha value is -2.60. The third kappa shape index (κ3) is 3.27. The number of fused-ring (bicyclic) bond motifs is 1. The molecule has 2 aromatic heterocycles. The third-order valence-electron chi connectivity index (χ3n) is 3.76. The molecule has 1 N–H and O–H groups in total. The van der Waals surface area contributed by atoms with Crippen molar-refractivity contribution in [1.29, 1.82) is 0 Å². The largest absolute Gasteiger partial charge is 0.476 e. The number of aromatic nitrogens is 3. The Labute approximate surface area is 134 Å². The molecule has 23 heavy (non-hydrogen) atoms. The number of H-pyrrole nitrogens is 1. The minimum Gasteiger partial charge on any atom is -0.476 e. The lowest BCUT2D eigenvalue weighted by molar-refractivity contribution is 0.254. The Bertz CT molecular complexity index is 880. The predicted molar refractivity (Wildman–Crippen MR) is 90.8 cm³/mol. The average Bonchev–Trinajstić information content (AvgIpc) is 2.82. The molecule has 0 amide bonds. The zero-order chi connectivity index (χ0) is 16.4. The second-order valence-corrected chi connectivity index (χ2v) is 5.76. The van der Waals surface area contributed by atoms with Crippen LogP contribution in [0.4, 0.5) is 0 Å². The van der Waals surface area contributed by atoms with E-state index in [1.807, 2.05) is 44.4 Å². The van der Waals surface area contributed by atoms with E-state index in [1.54, 1.807) is 17.8 Å². The number of aryl methyl sites for hydroxylation is 1. The number of pyridine rings is 1. The fourth-order valence-electron chi connectivity index (χ4n) is 2.40. The van der Waals surface area contributed by atoms with Crippen LogP contribution in [0.3, 0.4) is 0 Å². The van der Waals surface area contributed by atoms with Crippen molar-refractivity contribution in [1.82, 2.24) is 19.4 Å². The molecule has 0 saturated carbocycles. The van der Waals surface area contributed by atoms with Gasteiger partial charge in [0, 0.05) is 25.9 Å². The fourth-order valence-corrected chi connectivity index (χ4v) is 2.40. The van der Waals surface area contributed by atoms with Crippen LogP contribution in [0.1, 0.15) is 0 Å². The second kappa shape index (κ2) is 6.26. The summed E-state index contributed by atoms with van der Waals surface area (Å²) in [6.45, 7) is 1.43. The van der Waals surface area contributed by atoms with Crippen LogP contribution in [0.5, 0.6) is 5.88 Å². The van der Waals surface area contributed by atoms with Gasteiger partial charge in [-0.2, -0.15) is 0 Å². The van der Waals surface area contributed by atoms with Crippen LogP contribution in [0.2, 0.25) is 0 Å². The molecule has 0 aliphatic carbocycles. The molecule has 0 aliphatic rings. The second-order valence-electron chi connectivity index (χ2n) is 5.76. The maximum absolute atomic E-state index is 11.7. The molecule has 3 aromatic rings. The van der Waals surface area contributed by atoms with Gasteiger partial charge in [-0.25, -0.2) is 9.78 Å². The van der Waals surface area contributed by atoms with Crippen LogP contribution < -0.4 is 10.4 Å². The molecule has 0 unspecified atom stereocenters. The summed E-state index contributed by atoms with van der Waals surface area (Å²) in [5, 5.41) is 0. The fraction of sp³-hybridized carbons (Fsp3) is 0.294. The average molecular weight is 312 g/mol. The predicted octanol–water partition coefficient (Wildman–Crippen LogP) is 1.87. The summed E-state index contributed by atoms with van der Waals surface area (Å²) >= 11 is 0. The summed E-state index contributed by atoms with van der Waals surface area (Å²) in [6.07, 6.45) is 1.74. The normalized spacial score (nSPS) is 11.3. The van der Waals surface area contributed by atoms with Crippen molar-refractivity contribution >= 4 is 11.0 Å². The summed E-state index contributed by atoms with van der Waals surface area (Å²) in [5.41, 5.74) is 3.62. The van der Waals surface area contributed by atoms with Crippen LogP contribution in [0, 0.1) is 0 Å².